The van der Waals surface area contributed by atoms with Gasteiger partial charge in [-0.2, -0.15) is 5.10 Å². The molecule has 0 saturated carbocycles. The fourth-order valence-corrected chi connectivity index (χ4v) is 2.90. The molecule has 0 aliphatic rings. The van der Waals surface area contributed by atoms with Gasteiger partial charge in [0.1, 0.15) is 4.90 Å². The summed E-state index contributed by atoms with van der Waals surface area (Å²) < 4.78 is 27.8. The van der Waals surface area contributed by atoms with Gasteiger partial charge in [0.25, 0.3) is 9.05 Å². The van der Waals surface area contributed by atoms with Crippen LogP contribution >= 0.6 is 10.7 Å². The van der Waals surface area contributed by atoms with Gasteiger partial charge in [0.05, 0.1) is 11.8 Å². The lowest BCUT2D eigenvalue weighted by molar-refractivity contribution is 0.0312. The third-order valence-electron chi connectivity index (χ3n) is 2.33. The second kappa shape index (κ2) is 5.71. The number of aromatic nitrogens is 2. The number of hydrogen-bond donors (Lipinski definition) is 1. The van der Waals surface area contributed by atoms with Crippen LogP contribution in [-0.4, -0.2) is 30.7 Å². The Bertz CT molecular complexity index is 538. The lowest BCUT2D eigenvalue weighted by Crippen LogP contribution is -2.17. The van der Waals surface area contributed by atoms with Gasteiger partial charge in [-0.15, -0.1) is 0 Å². The molecule has 102 valence electrons. The van der Waals surface area contributed by atoms with E-state index in [0.717, 1.165) is 6.42 Å². The number of nitrogens with zero attached hydrogens (tertiary/aromatic N) is 1. The molecule has 0 spiro atoms. The predicted molar refractivity (Wildman–Crippen MR) is 66.1 cm³/mol. The zero-order chi connectivity index (χ0) is 13.9. The number of halogens is 1. The fraction of sp³-hybridized carbons (Fsp3) is 0.600. The molecule has 0 fully saturated rings. The first kappa shape index (κ1) is 15.0. The molecule has 1 rings (SSSR count). The number of hydrogen-bond acceptors (Lipinski definition) is 5. The van der Waals surface area contributed by atoms with E-state index in [9.17, 15) is 13.2 Å². The summed E-state index contributed by atoms with van der Waals surface area (Å²) in [5.41, 5.74) is -0.0921. The van der Waals surface area contributed by atoms with Crippen molar-refractivity contribution in [3.8, 4) is 0 Å². The summed E-state index contributed by atoms with van der Waals surface area (Å²) in [7, 11) is 1.22. The van der Waals surface area contributed by atoms with Crippen molar-refractivity contribution in [1.82, 2.24) is 10.2 Å². The first-order valence-electron chi connectivity index (χ1n) is 5.48. The number of carbonyl (C=O) groups excluding carboxylic acids is 1. The number of rotatable bonds is 5. The maximum absolute atomic E-state index is 11.8. The molecule has 0 aliphatic carbocycles. The number of esters is 1. The third kappa shape index (κ3) is 3.46. The Morgan fingerprint density at radius 3 is 2.67 bits per heavy atom. The van der Waals surface area contributed by atoms with Crippen molar-refractivity contribution in [3.63, 3.8) is 0 Å². The molecule has 0 radical (unpaired) electrons. The van der Waals surface area contributed by atoms with Crippen LogP contribution in [-0.2, 0) is 13.8 Å². The van der Waals surface area contributed by atoms with Crippen LogP contribution in [0.15, 0.2) is 4.90 Å². The molecule has 0 amide bonds. The Morgan fingerprint density at radius 2 is 2.17 bits per heavy atom. The van der Waals surface area contributed by atoms with Gasteiger partial charge in [0, 0.05) is 10.7 Å². The molecule has 1 aromatic heterocycles. The van der Waals surface area contributed by atoms with Crippen molar-refractivity contribution in [1.29, 1.82) is 0 Å². The summed E-state index contributed by atoms with van der Waals surface area (Å²) in [6, 6.07) is 0. The zero-order valence-electron chi connectivity index (χ0n) is 10.4. The van der Waals surface area contributed by atoms with E-state index in [-0.39, 0.29) is 22.4 Å². The van der Waals surface area contributed by atoms with Gasteiger partial charge in [-0.1, -0.05) is 13.3 Å². The number of aryl methyl sites for hydroxylation is 1. The SMILES string of the molecule is CCCC(C)OC(=O)c1n[nH]c(C)c1S(=O)(=O)Cl. The highest BCUT2D eigenvalue weighted by Gasteiger charge is 2.28. The molecule has 0 saturated heterocycles. The van der Waals surface area contributed by atoms with E-state index in [2.05, 4.69) is 10.2 Å². The lowest BCUT2D eigenvalue weighted by Gasteiger charge is -2.11. The molecule has 1 aromatic rings. The first-order chi connectivity index (χ1) is 8.27. The minimum absolute atomic E-state index is 0.208. The Morgan fingerprint density at radius 1 is 1.56 bits per heavy atom. The molecule has 0 aliphatic heterocycles. The van der Waals surface area contributed by atoms with Crippen molar-refractivity contribution in [2.75, 3.05) is 0 Å². The van der Waals surface area contributed by atoms with Gasteiger partial charge in [-0.3, -0.25) is 5.10 Å². The van der Waals surface area contributed by atoms with Crippen LogP contribution in [0, 0.1) is 6.92 Å². The summed E-state index contributed by atoms with van der Waals surface area (Å²) in [4.78, 5) is 11.5. The van der Waals surface area contributed by atoms with Gasteiger partial charge >= 0.3 is 5.97 Å². The lowest BCUT2D eigenvalue weighted by atomic mass is 10.2. The van der Waals surface area contributed by atoms with Crippen molar-refractivity contribution in [2.45, 2.75) is 44.6 Å². The van der Waals surface area contributed by atoms with Crippen LogP contribution in [0.5, 0.6) is 0 Å². The maximum Gasteiger partial charge on any atom is 0.360 e. The van der Waals surface area contributed by atoms with E-state index in [4.69, 9.17) is 15.4 Å². The summed E-state index contributed by atoms with van der Waals surface area (Å²) in [5, 5.41) is 6.05. The highest BCUT2D eigenvalue weighted by atomic mass is 35.7. The second-order valence-electron chi connectivity index (χ2n) is 3.97. The third-order valence-corrected chi connectivity index (χ3v) is 3.78. The largest absolute Gasteiger partial charge is 0.458 e. The van der Waals surface area contributed by atoms with E-state index in [1.807, 2.05) is 6.92 Å². The summed E-state index contributed by atoms with van der Waals surface area (Å²) in [5.74, 6) is -0.792. The van der Waals surface area contributed by atoms with E-state index in [0.29, 0.717) is 6.42 Å². The van der Waals surface area contributed by atoms with Crippen molar-refractivity contribution in [2.24, 2.45) is 0 Å². The number of carbonyl (C=O) groups is 1. The molecule has 1 unspecified atom stereocenters. The van der Waals surface area contributed by atoms with Gasteiger partial charge in [0.2, 0.25) is 0 Å². The molecule has 1 atom stereocenters. The highest BCUT2D eigenvalue weighted by molar-refractivity contribution is 8.13. The normalized spacial score (nSPS) is 13.3. The summed E-state index contributed by atoms with van der Waals surface area (Å²) >= 11 is 0. The number of nitrogens with one attached hydrogen (secondary N) is 1. The standard InChI is InChI=1S/C10H15ClN2O4S/c1-4-5-6(2)17-10(14)8-9(18(11,15)16)7(3)12-13-8/h6H,4-5H2,1-3H3,(H,12,13). The van der Waals surface area contributed by atoms with Gasteiger partial charge in [-0.05, 0) is 20.3 Å². The average Bonchev–Trinajstić information content (AvgIpc) is 2.59. The van der Waals surface area contributed by atoms with Crippen molar-refractivity contribution in [3.05, 3.63) is 11.4 Å². The molecule has 0 aromatic carbocycles. The zero-order valence-corrected chi connectivity index (χ0v) is 11.9. The van der Waals surface area contributed by atoms with Crippen LogP contribution in [0.4, 0.5) is 0 Å². The molecule has 1 N–H and O–H groups in total. The van der Waals surface area contributed by atoms with E-state index < -0.39 is 15.0 Å². The van der Waals surface area contributed by atoms with Crippen LogP contribution in [0.25, 0.3) is 0 Å². The van der Waals surface area contributed by atoms with Crippen LogP contribution in [0.2, 0.25) is 0 Å². The monoisotopic (exact) mass is 294 g/mol. The van der Waals surface area contributed by atoms with Crippen molar-refractivity contribution >= 4 is 25.7 Å². The maximum atomic E-state index is 11.8. The van der Waals surface area contributed by atoms with E-state index in [1.165, 1.54) is 6.92 Å². The Kier molecular flexibility index (Phi) is 4.75. The van der Waals surface area contributed by atoms with Gasteiger partial charge in [0.15, 0.2) is 5.69 Å². The molecule has 8 heteroatoms. The van der Waals surface area contributed by atoms with E-state index >= 15 is 0 Å². The number of ether oxygens (including phenoxy) is 1. The van der Waals surface area contributed by atoms with Crippen LogP contribution in [0.3, 0.4) is 0 Å². The topological polar surface area (TPSA) is 89.1 Å². The molecule has 1 heterocycles. The van der Waals surface area contributed by atoms with Gasteiger partial charge < -0.3 is 4.74 Å². The van der Waals surface area contributed by atoms with Crippen molar-refractivity contribution < 1.29 is 17.9 Å². The number of aromatic amines is 1. The highest BCUT2D eigenvalue weighted by Crippen LogP contribution is 2.22. The molecular formula is C10H15ClN2O4S. The first-order valence-corrected chi connectivity index (χ1v) is 7.78. The average molecular weight is 295 g/mol. The molecule has 6 nitrogen and oxygen atoms in total. The second-order valence-corrected chi connectivity index (χ2v) is 6.47. The van der Waals surface area contributed by atoms with E-state index in [1.54, 1.807) is 6.92 Å². The van der Waals surface area contributed by atoms with Gasteiger partial charge in [-0.25, -0.2) is 13.2 Å². The molecular weight excluding hydrogens is 280 g/mol. The number of H-pyrrole nitrogens is 1. The smallest absolute Gasteiger partial charge is 0.360 e. The summed E-state index contributed by atoms with van der Waals surface area (Å²) in [6.45, 7) is 5.15. The minimum atomic E-state index is -4.04. The van der Waals surface area contributed by atoms with Crippen LogP contribution < -0.4 is 0 Å². The Labute approximate surface area is 110 Å². The van der Waals surface area contributed by atoms with Crippen LogP contribution in [0.1, 0.15) is 42.9 Å². The fourth-order valence-electron chi connectivity index (χ4n) is 1.56. The Balaban J connectivity index is 3.01. The predicted octanol–water partition coefficient (Wildman–Crippen LogP) is 1.99. The molecule has 18 heavy (non-hydrogen) atoms. The Hall–Kier alpha value is -1.08. The quantitative estimate of drug-likeness (QED) is 0.662. The summed E-state index contributed by atoms with van der Waals surface area (Å²) in [6.07, 6.45) is 1.25. The minimum Gasteiger partial charge on any atom is -0.458 e. The molecule has 0 bridgehead atoms.